The first kappa shape index (κ1) is 14.9. The van der Waals surface area contributed by atoms with Crippen molar-refractivity contribution < 1.29 is 9.53 Å². The van der Waals surface area contributed by atoms with E-state index in [2.05, 4.69) is 6.92 Å². The van der Waals surface area contributed by atoms with Crippen LogP contribution in [0, 0.1) is 5.92 Å². The third kappa shape index (κ3) is 3.75. The Hall–Kier alpha value is -1.51. The zero-order valence-corrected chi connectivity index (χ0v) is 13.0. The number of amides is 1. The van der Waals surface area contributed by atoms with Crippen LogP contribution >= 0.6 is 0 Å². The molecule has 20 heavy (non-hydrogen) atoms. The summed E-state index contributed by atoms with van der Waals surface area (Å²) >= 11 is 0. The number of benzene rings is 1. The van der Waals surface area contributed by atoms with Crippen molar-refractivity contribution >= 4 is 5.91 Å². The zero-order chi connectivity index (χ0) is 14.8. The summed E-state index contributed by atoms with van der Waals surface area (Å²) in [6.45, 7) is 9.90. The molecule has 0 radical (unpaired) electrons. The van der Waals surface area contributed by atoms with Crippen LogP contribution in [0.5, 0.6) is 5.75 Å². The van der Waals surface area contributed by atoms with Crippen molar-refractivity contribution in [1.82, 2.24) is 4.90 Å². The summed E-state index contributed by atoms with van der Waals surface area (Å²) in [5.41, 5.74) is 0.377. The van der Waals surface area contributed by atoms with Gasteiger partial charge in [-0.25, -0.2) is 0 Å². The summed E-state index contributed by atoms with van der Waals surface area (Å²) in [6, 6.07) is 7.56. The minimum Gasteiger partial charge on any atom is -0.487 e. The molecule has 1 aromatic rings. The summed E-state index contributed by atoms with van der Waals surface area (Å²) in [4.78, 5) is 14.7. The van der Waals surface area contributed by atoms with Crippen molar-refractivity contribution in [2.24, 2.45) is 5.92 Å². The first-order valence-corrected chi connectivity index (χ1v) is 7.44. The number of carbonyl (C=O) groups excluding carboxylic acids is 1. The second-order valence-electron chi connectivity index (χ2n) is 6.71. The van der Waals surface area contributed by atoms with Crippen molar-refractivity contribution in [3.63, 3.8) is 0 Å². The molecule has 0 saturated carbocycles. The maximum Gasteiger partial charge on any atom is 0.257 e. The van der Waals surface area contributed by atoms with Crippen molar-refractivity contribution in [2.75, 3.05) is 13.1 Å². The molecule has 1 aliphatic heterocycles. The van der Waals surface area contributed by atoms with Crippen LogP contribution in [0.1, 0.15) is 50.9 Å². The van der Waals surface area contributed by atoms with Crippen LogP contribution in [-0.4, -0.2) is 29.5 Å². The molecule has 1 aromatic carbocycles. The van der Waals surface area contributed by atoms with Gasteiger partial charge < -0.3 is 9.64 Å². The molecule has 2 rings (SSSR count). The number of para-hydroxylation sites is 1. The van der Waals surface area contributed by atoms with Crippen LogP contribution < -0.4 is 4.74 Å². The fourth-order valence-corrected chi connectivity index (χ4v) is 2.61. The Balaban J connectivity index is 2.21. The predicted molar refractivity (Wildman–Crippen MR) is 81.1 cm³/mol. The van der Waals surface area contributed by atoms with Gasteiger partial charge >= 0.3 is 0 Å². The van der Waals surface area contributed by atoms with E-state index in [1.165, 1.54) is 6.42 Å². The minimum absolute atomic E-state index is 0.0939. The Morgan fingerprint density at radius 3 is 2.65 bits per heavy atom. The number of hydrogen-bond acceptors (Lipinski definition) is 2. The molecule has 3 heteroatoms. The van der Waals surface area contributed by atoms with Crippen molar-refractivity contribution in [3.8, 4) is 5.75 Å². The van der Waals surface area contributed by atoms with Crippen molar-refractivity contribution in [3.05, 3.63) is 29.8 Å². The largest absolute Gasteiger partial charge is 0.487 e. The molecule has 1 saturated heterocycles. The highest BCUT2D eigenvalue weighted by Gasteiger charge is 2.25. The van der Waals surface area contributed by atoms with Gasteiger partial charge in [0.2, 0.25) is 0 Å². The van der Waals surface area contributed by atoms with E-state index in [1.54, 1.807) is 0 Å². The summed E-state index contributed by atoms with van der Waals surface area (Å²) in [6.07, 6.45) is 2.30. The molecule has 1 amide bonds. The molecule has 0 bridgehead atoms. The van der Waals surface area contributed by atoms with Crippen LogP contribution in [0.15, 0.2) is 24.3 Å². The van der Waals surface area contributed by atoms with Gasteiger partial charge in [-0.1, -0.05) is 19.1 Å². The molecule has 1 heterocycles. The summed E-state index contributed by atoms with van der Waals surface area (Å²) in [5, 5.41) is 0. The fraction of sp³-hybridized carbons (Fsp3) is 0.588. The van der Waals surface area contributed by atoms with E-state index < -0.39 is 0 Å². The Labute approximate surface area is 121 Å². The highest BCUT2D eigenvalue weighted by atomic mass is 16.5. The molecule has 110 valence electrons. The van der Waals surface area contributed by atoms with Gasteiger partial charge in [0.05, 0.1) is 5.56 Å². The second-order valence-corrected chi connectivity index (χ2v) is 6.71. The van der Waals surface area contributed by atoms with E-state index in [0.29, 0.717) is 17.2 Å². The third-order valence-electron chi connectivity index (χ3n) is 3.48. The topological polar surface area (TPSA) is 29.5 Å². The number of rotatable bonds is 2. The molecule has 0 spiro atoms. The van der Waals surface area contributed by atoms with Gasteiger partial charge in [-0.15, -0.1) is 0 Å². The number of ether oxygens (including phenoxy) is 1. The molecular weight excluding hydrogens is 250 g/mol. The molecule has 1 aliphatic rings. The van der Waals surface area contributed by atoms with Crippen LogP contribution in [0.2, 0.25) is 0 Å². The molecule has 1 fully saturated rings. The lowest BCUT2D eigenvalue weighted by atomic mass is 9.99. The zero-order valence-electron chi connectivity index (χ0n) is 13.0. The van der Waals surface area contributed by atoms with Gasteiger partial charge in [0.15, 0.2) is 0 Å². The first-order valence-electron chi connectivity index (χ1n) is 7.44. The SMILES string of the molecule is CC1CCCN(C(=O)c2ccccc2OC(C)(C)C)C1. The second kappa shape index (κ2) is 5.86. The molecule has 3 nitrogen and oxygen atoms in total. The van der Waals surface area contributed by atoms with E-state index in [1.807, 2.05) is 49.9 Å². The van der Waals surface area contributed by atoms with Gasteiger partial charge in [0, 0.05) is 13.1 Å². The van der Waals surface area contributed by atoms with Gasteiger partial charge in [0.25, 0.3) is 5.91 Å². The fourth-order valence-electron chi connectivity index (χ4n) is 2.61. The van der Waals surface area contributed by atoms with Gasteiger partial charge in [-0.2, -0.15) is 0 Å². The first-order chi connectivity index (χ1) is 9.37. The third-order valence-corrected chi connectivity index (χ3v) is 3.48. The number of piperidine rings is 1. The van der Waals surface area contributed by atoms with Gasteiger partial charge in [-0.3, -0.25) is 4.79 Å². The normalized spacial score (nSPS) is 19.8. The molecule has 0 aromatic heterocycles. The number of nitrogens with zero attached hydrogens (tertiary/aromatic N) is 1. The molecular formula is C17H25NO2. The predicted octanol–water partition coefficient (Wildman–Crippen LogP) is 3.74. The van der Waals surface area contributed by atoms with Crippen molar-refractivity contribution in [2.45, 2.75) is 46.1 Å². The Kier molecular flexibility index (Phi) is 4.36. The van der Waals surface area contributed by atoms with E-state index in [0.717, 1.165) is 19.5 Å². The Bertz CT molecular complexity index is 476. The quantitative estimate of drug-likeness (QED) is 0.823. The number of hydrogen-bond donors (Lipinski definition) is 0. The maximum absolute atomic E-state index is 12.7. The summed E-state index contributed by atoms with van der Waals surface area (Å²) < 4.78 is 5.92. The summed E-state index contributed by atoms with van der Waals surface area (Å²) in [7, 11) is 0. The highest BCUT2D eigenvalue weighted by Crippen LogP contribution is 2.26. The van der Waals surface area contributed by atoms with Crippen molar-refractivity contribution in [1.29, 1.82) is 0 Å². The van der Waals surface area contributed by atoms with Gasteiger partial charge in [-0.05, 0) is 51.7 Å². The van der Waals surface area contributed by atoms with Crippen LogP contribution in [-0.2, 0) is 0 Å². The smallest absolute Gasteiger partial charge is 0.257 e. The van der Waals surface area contributed by atoms with Gasteiger partial charge in [0.1, 0.15) is 11.4 Å². The summed E-state index contributed by atoms with van der Waals surface area (Å²) in [5.74, 6) is 1.36. The van der Waals surface area contributed by atoms with E-state index in [9.17, 15) is 4.79 Å². The molecule has 0 N–H and O–H groups in total. The lowest BCUT2D eigenvalue weighted by molar-refractivity contribution is 0.0668. The van der Waals surface area contributed by atoms with Crippen LogP contribution in [0.3, 0.4) is 0 Å². The lowest BCUT2D eigenvalue weighted by Crippen LogP contribution is -2.39. The lowest BCUT2D eigenvalue weighted by Gasteiger charge is -2.32. The van der Waals surface area contributed by atoms with Crippen LogP contribution in [0.25, 0.3) is 0 Å². The van der Waals surface area contributed by atoms with E-state index in [4.69, 9.17) is 4.74 Å². The van der Waals surface area contributed by atoms with Crippen LogP contribution in [0.4, 0.5) is 0 Å². The standard InChI is InChI=1S/C17H25NO2/c1-13-8-7-11-18(12-13)16(19)14-9-5-6-10-15(14)20-17(2,3)4/h5-6,9-10,13H,7-8,11-12H2,1-4H3. The monoisotopic (exact) mass is 275 g/mol. The molecule has 1 unspecified atom stereocenters. The molecule has 0 aliphatic carbocycles. The van der Waals surface area contributed by atoms with E-state index >= 15 is 0 Å². The number of carbonyl (C=O) groups is 1. The Morgan fingerprint density at radius 2 is 2.00 bits per heavy atom. The Morgan fingerprint density at radius 1 is 1.30 bits per heavy atom. The minimum atomic E-state index is -0.300. The number of likely N-dealkylation sites (tertiary alicyclic amines) is 1. The average Bonchev–Trinajstić information content (AvgIpc) is 2.37. The highest BCUT2D eigenvalue weighted by molar-refractivity contribution is 5.97. The molecule has 1 atom stereocenters. The van der Waals surface area contributed by atoms with E-state index in [-0.39, 0.29) is 11.5 Å². The average molecular weight is 275 g/mol. The maximum atomic E-state index is 12.7.